The lowest BCUT2D eigenvalue weighted by Crippen LogP contribution is -2.39. The van der Waals surface area contributed by atoms with Crippen LogP contribution in [0.15, 0.2) is 30.7 Å². The number of sulfonamides is 1. The Kier molecular flexibility index (Phi) is 10.5. The largest absolute Gasteiger partial charge is 0.451 e. The van der Waals surface area contributed by atoms with Crippen molar-refractivity contribution in [2.24, 2.45) is 11.8 Å². The average molecular weight is 591 g/mol. The second-order valence-corrected chi connectivity index (χ2v) is 13.3. The van der Waals surface area contributed by atoms with E-state index in [2.05, 4.69) is 24.9 Å². The van der Waals surface area contributed by atoms with Crippen LogP contribution in [0.25, 0.3) is 0 Å². The Morgan fingerprint density at radius 2 is 1.93 bits per heavy atom. The quantitative estimate of drug-likeness (QED) is 0.379. The van der Waals surface area contributed by atoms with Gasteiger partial charge in [0.15, 0.2) is 11.6 Å². The summed E-state index contributed by atoms with van der Waals surface area (Å²) in [7, 11) is -3.15. The van der Waals surface area contributed by atoms with Crippen LogP contribution in [0.3, 0.4) is 0 Å². The standard InChI is InChI=1S/C29H43FN6O4S/c1-5-36(20(2)3)29(37)25-14-23(30)8-11-26(25)40-27-16-31-19-33-28(27)32-15-22-12-13-35(18-22)17-21-6-9-24(10-7-21)34-41(4,38)39/h8,11,14,16,19-22,24,34H,5-7,9-10,12-13,15,17-18H2,1-4H3,(H,31,32,33)/t21?,22-,24?/m0/s1. The van der Waals surface area contributed by atoms with E-state index in [4.69, 9.17) is 4.74 Å². The molecular formula is C29H43FN6O4S. The molecule has 2 fully saturated rings. The van der Waals surface area contributed by atoms with Gasteiger partial charge in [-0.15, -0.1) is 0 Å². The van der Waals surface area contributed by atoms with E-state index in [1.165, 1.54) is 30.8 Å². The Morgan fingerprint density at radius 3 is 2.61 bits per heavy atom. The fourth-order valence-electron chi connectivity index (χ4n) is 5.92. The molecule has 1 aliphatic carbocycles. The van der Waals surface area contributed by atoms with Crippen LogP contribution >= 0.6 is 0 Å². The molecule has 1 saturated heterocycles. The van der Waals surface area contributed by atoms with Crippen molar-refractivity contribution >= 4 is 21.7 Å². The van der Waals surface area contributed by atoms with Crippen LogP contribution < -0.4 is 14.8 Å². The number of benzene rings is 1. The highest BCUT2D eigenvalue weighted by molar-refractivity contribution is 7.88. The van der Waals surface area contributed by atoms with Crippen molar-refractivity contribution in [2.45, 2.75) is 65.0 Å². The molecule has 1 amide bonds. The summed E-state index contributed by atoms with van der Waals surface area (Å²) in [4.78, 5) is 25.8. The molecule has 2 N–H and O–H groups in total. The molecule has 12 heteroatoms. The number of likely N-dealkylation sites (tertiary alicyclic amines) is 1. The van der Waals surface area contributed by atoms with E-state index in [1.807, 2.05) is 20.8 Å². The number of rotatable bonds is 12. The van der Waals surface area contributed by atoms with E-state index in [1.54, 1.807) is 11.1 Å². The second kappa shape index (κ2) is 13.9. The number of amides is 1. The third-order valence-electron chi connectivity index (χ3n) is 7.97. The highest BCUT2D eigenvalue weighted by atomic mass is 32.2. The molecule has 41 heavy (non-hydrogen) atoms. The molecule has 1 aromatic carbocycles. The van der Waals surface area contributed by atoms with Crippen LogP contribution in [0.5, 0.6) is 11.5 Å². The maximum Gasteiger partial charge on any atom is 0.257 e. The lowest BCUT2D eigenvalue weighted by Gasteiger charge is -2.31. The number of carbonyl (C=O) groups excluding carboxylic acids is 1. The Labute approximate surface area is 243 Å². The van der Waals surface area contributed by atoms with E-state index >= 15 is 0 Å². The summed E-state index contributed by atoms with van der Waals surface area (Å²) < 4.78 is 46.0. The molecule has 2 heterocycles. The molecule has 0 spiro atoms. The zero-order valence-corrected chi connectivity index (χ0v) is 25.3. The van der Waals surface area contributed by atoms with Crippen LogP contribution in [0, 0.1) is 17.7 Å². The highest BCUT2D eigenvalue weighted by Crippen LogP contribution is 2.32. The van der Waals surface area contributed by atoms with Crippen LogP contribution in [0.1, 0.15) is 63.2 Å². The molecule has 2 aliphatic rings. The number of hydrogen-bond acceptors (Lipinski definition) is 8. The number of halogens is 1. The summed E-state index contributed by atoms with van der Waals surface area (Å²) in [5.41, 5.74) is 0.155. The van der Waals surface area contributed by atoms with Crippen LogP contribution in [-0.4, -0.2) is 85.2 Å². The van der Waals surface area contributed by atoms with Crippen molar-refractivity contribution < 1.29 is 22.3 Å². The number of ether oxygens (including phenoxy) is 1. The van der Waals surface area contributed by atoms with Crippen molar-refractivity contribution in [2.75, 3.05) is 44.3 Å². The number of nitrogens with zero attached hydrogens (tertiary/aromatic N) is 4. The monoisotopic (exact) mass is 590 g/mol. The van der Waals surface area contributed by atoms with Gasteiger partial charge in [0.2, 0.25) is 10.0 Å². The first-order chi connectivity index (χ1) is 19.5. The topological polar surface area (TPSA) is 117 Å². The first-order valence-electron chi connectivity index (χ1n) is 14.5. The maximum atomic E-state index is 14.2. The molecule has 2 aromatic rings. The van der Waals surface area contributed by atoms with E-state index in [-0.39, 0.29) is 29.3 Å². The molecule has 1 aliphatic heterocycles. The minimum Gasteiger partial charge on any atom is -0.451 e. The van der Waals surface area contributed by atoms with Gasteiger partial charge in [-0.3, -0.25) is 4.79 Å². The SMILES string of the molecule is CCN(C(=O)c1cc(F)ccc1Oc1cncnc1NC[C@@H]1CCN(CC2CCC(NS(C)(=O)=O)CC2)C1)C(C)C. The zero-order valence-electron chi connectivity index (χ0n) is 24.5. The number of nitrogens with one attached hydrogen (secondary N) is 2. The zero-order chi connectivity index (χ0) is 29.6. The highest BCUT2D eigenvalue weighted by Gasteiger charge is 2.29. The molecule has 10 nitrogen and oxygen atoms in total. The minimum absolute atomic E-state index is 0.0428. The van der Waals surface area contributed by atoms with Crippen LogP contribution in [0.2, 0.25) is 0 Å². The molecular weight excluding hydrogens is 547 g/mol. The summed E-state index contributed by atoms with van der Waals surface area (Å²) in [5, 5.41) is 3.40. The lowest BCUT2D eigenvalue weighted by molar-refractivity contribution is 0.0713. The second-order valence-electron chi connectivity index (χ2n) is 11.6. The van der Waals surface area contributed by atoms with E-state index in [0.29, 0.717) is 36.5 Å². The smallest absolute Gasteiger partial charge is 0.257 e. The van der Waals surface area contributed by atoms with Gasteiger partial charge in [0, 0.05) is 38.3 Å². The van der Waals surface area contributed by atoms with Crippen molar-refractivity contribution in [3.05, 3.63) is 42.1 Å². The van der Waals surface area contributed by atoms with E-state index < -0.39 is 15.8 Å². The van der Waals surface area contributed by atoms with Gasteiger partial charge in [-0.05, 0) is 89.5 Å². The third-order valence-corrected chi connectivity index (χ3v) is 8.73. The molecule has 1 aromatic heterocycles. The number of aromatic nitrogens is 2. The van der Waals surface area contributed by atoms with Crippen molar-refractivity contribution in [3.8, 4) is 11.5 Å². The molecule has 4 rings (SSSR count). The summed E-state index contributed by atoms with van der Waals surface area (Å²) in [6, 6.07) is 3.97. The fourth-order valence-corrected chi connectivity index (χ4v) is 6.76. The first-order valence-corrected chi connectivity index (χ1v) is 16.4. The summed E-state index contributed by atoms with van der Waals surface area (Å²) >= 11 is 0. The predicted molar refractivity (Wildman–Crippen MR) is 157 cm³/mol. The van der Waals surface area contributed by atoms with Gasteiger partial charge in [0.1, 0.15) is 17.9 Å². The lowest BCUT2D eigenvalue weighted by atomic mass is 9.86. The molecule has 1 atom stereocenters. The van der Waals surface area contributed by atoms with Gasteiger partial charge in [0.25, 0.3) is 5.91 Å². The summed E-state index contributed by atoms with van der Waals surface area (Å²) in [6.07, 6.45) is 9.14. The van der Waals surface area contributed by atoms with Crippen LogP contribution in [0.4, 0.5) is 10.2 Å². The van der Waals surface area contributed by atoms with Gasteiger partial charge in [-0.25, -0.2) is 27.5 Å². The number of hydrogen-bond donors (Lipinski definition) is 2. The Hall–Kier alpha value is -2.83. The van der Waals surface area contributed by atoms with Crippen LogP contribution in [-0.2, 0) is 10.0 Å². The number of anilines is 1. The van der Waals surface area contributed by atoms with Gasteiger partial charge >= 0.3 is 0 Å². The van der Waals surface area contributed by atoms with Crippen molar-refractivity contribution in [3.63, 3.8) is 0 Å². The van der Waals surface area contributed by atoms with Gasteiger partial charge in [0.05, 0.1) is 18.0 Å². The average Bonchev–Trinajstić information content (AvgIpc) is 3.36. The maximum absolute atomic E-state index is 14.2. The minimum atomic E-state index is -3.15. The molecule has 226 valence electrons. The molecule has 0 radical (unpaired) electrons. The Balaban J connectivity index is 1.32. The van der Waals surface area contributed by atoms with Gasteiger partial charge in [-0.1, -0.05) is 0 Å². The van der Waals surface area contributed by atoms with Crippen molar-refractivity contribution in [1.29, 1.82) is 0 Å². The Bertz CT molecular complexity index is 1290. The molecule has 0 unspecified atom stereocenters. The van der Waals surface area contributed by atoms with Gasteiger partial charge in [-0.2, -0.15) is 0 Å². The first kappa shape index (κ1) is 31.1. The van der Waals surface area contributed by atoms with Crippen molar-refractivity contribution in [1.82, 2.24) is 24.5 Å². The van der Waals surface area contributed by atoms with E-state index in [9.17, 15) is 17.6 Å². The third kappa shape index (κ3) is 8.83. The molecule has 0 bridgehead atoms. The fraction of sp³-hybridized carbons (Fsp3) is 0.621. The Morgan fingerprint density at radius 1 is 1.17 bits per heavy atom. The molecule has 1 saturated carbocycles. The number of carbonyl (C=O) groups is 1. The normalized spacial score (nSPS) is 21.7. The van der Waals surface area contributed by atoms with Gasteiger partial charge < -0.3 is 19.9 Å². The summed E-state index contributed by atoms with van der Waals surface area (Å²) in [5.74, 6) is 1.37. The predicted octanol–water partition coefficient (Wildman–Crippen LogP) is 4.12. The van der Waals surface area contributed by atoms with E-state index in [0.717, 1.165) is 51.7 Å². The summed E-state index contributed by atoms with van der Waals surface area (Å²) in [6.45, 7) is 9.98.